The van der Waals surface area contributed by atoms with Gasteiger partial charge in [-0.3, -0.25) is 9.59 Å². The highest BCUT2D eigenvalue weighted by Gasteiger charge is 2.65. The Morgan fingerprint density at radius 2 is 1.70 bits per heavy atom. The topological polar surface area (TPSA) is 119 Å². The van der Waals surface area contributed by atoms with Gasteiger partial charge < -0.3 is 26.0 Å². The predicted octanol–water partition coefficient (Wildman–Crippen LogP) is 5.53. The van der Waals surface area contributed by atoms with Crippen LogP contribution in [0.1, 0.15) is 98.8 Å². The molecule has 4 saturated carbocycles. The van der Waals surface area contributed by atoms with Gasteiger partial charge in [-0.05, 0) is 116 Å². The van der Waals surface area contributed by atoms with Crippen molar-refractivity contribution in [2.75, 3.05) is 5.32 Å². The minimum absolute atomic E-state index is 0.000671. The summed E-state index contributed by atoms with van der Waals surface area (Å²) in [6, 6.07) is 8.74. The van der Waals surface area contributed by atoms with Crippen molar-refractivity contribution in [3.8, 4) is 0 Å². The van der Waals surface area contributed by atoms with Crippen molar-refractivity contribution in [1.82, 2.24) is 5.32 Å². The van der Waals surface area contributed by atoms with E-state index in [2.05, 4.69) is 31.4 Å². The van der Waals surface area contributed by atoms with Crippen LogP contribution in [-0.4, -0.2) is 51.5 Å². The zero-order chi connectivity index (χ0) is 31.1. The van der Waals surface area contributed by atoms with Crippen molar-refractivity contribution in [2.24, 2.45) is 52.3 Å². The van der Waals surface area contributed by atoms with Gasteiger partial charge in [0.2, 0.25) is 11.8 Å². The van der Waals surface area contributed by atoms with Crippen LogP contribution in [0.3, 0.4) is 0 Å². The summed E-state index contributed by atoms with van der Waals surface area (Å²) in [4.78, 5) is 26.3. The Labute approximate surface area is 258 Å². The summed E-state index contributed by atoms with van der Waals surface area (Å²) in [5.41, 5.74) is 0.492. The Kier molecular flexibility index (Phi) is 9.66. The third-order valence-corrected chi connectivity index (χ3v) is 13.2. The van der Waals surface area contributed by atoms with Gasteiger partial charge in [0.1, 0.15) is 6.04 Å². The molecule has 4 aliphatic rings. The van der Waals surface area contributed by atoms with Gasteiger partial charge in [0, 0.05) is 12.1 Å². The van der Waals surface area contributed by atoms with Crippen LogP contribution in [0.2, 0.25) is 0 Å². The molecule has 4 aliphatic carbocycles. The SMILES string of the molecule is CC[C@H](C)[C@H](NC(=O)CC[C@@H](C)[C@H]1CC[C@H]2[C@@H]3[C@H](O)C[C@@H]4C[C@H](O)CC[C@]4(C)[C@H]3C[C@H](O)[C@]12C)C(=O)Nc1ccccc1. The van der Waals surface area contributed by atoms with Crippen LogP contribution in [-0.2, 0) is 9.59 Å². The number of aliphatic hydroxyl groups excluding tert-OH is 3. The quantitative estimate of drug-likeness (QED) is 0.257. The normalized spacial score (nSPS) is 40.7. The van der Waals surface area contributed by atoms with E-state index in [-0.39, 0.29) is 70.4 Å². The van der Waals surface area contributed by atoms with Crippen LogP contribution < -0.4 is 10.6 Å². The third kappa shape index (κ3) is 6.03. The molecule has 4 fully saturated rings. The summed E-state index contributed by atoms with van der Waals surface area (Å²) in [5.74, 6) is 1.26. The number of carbonyl (C=O) groups is 2. The fourth-order valence-corrected chi connectivity index (χ4v) is 10.4. The molecule has 0 heterocycles. The van der Waals surface area contributed by atoms with Gasteiger partial charge in [-0.25, -0.2) is 0 Å². The van der Waals surface area contributed by atoms with Gasteiger partial charge in [-0.15, -0.1) is 0 Å². The largest absolute Gasteiger partial charge is 0.393 e. The molecule has 0 aromatic heterocycles. The number of aliphatic hydroxyl groups is 3. The van der Waals surface area contributed by atoms with E-state index in [1.54, 1.807) is 0 Å². The Morgan fingerprint density at radius 1 is 0.977 bits per heavy atom. The second-order valence-corrected chi connectivity index (χ2v) is 15.3. The van der Waals surface area contributed by atoms with Crippen LogP contribution in [0.25, 0.3) is 0 Å². The van der Waals surface area contributed by atoms with Gasteiger partial charge >= 0.3 is 0 Å². The lowest BCUT2D eigenvalue weighted by Crippen LogP contribution is -2.62. The lowest BCUT2D eigenvalue weighted by atomic mass is 9.43. The Bertz CT molecular complexity index is 1130. The van der Waals surface area contributed by atoms with E-state index in [0.717, 1.165) is 50.6 Å². The Morgan fingerprint density at radius 3 is 2.40 bits per heavy atom. The molecule has 0 bridgehead atoms. The molecule has 240 valence electrons. The van der Waals surface area contributed by atoms with Crippen molar-refractivity contribution in [1.29, 1.82) is 0 Å². The molecule has 1 aromatic carbocycles. The highest BCUT2D eigenvalue weighted by atomic mass is 16.3. The molecule has 7 nitrogen and oxygen atoms in total. The maximum absolute atomic E-state index is 13.2. The second-order valence-electron chi connectivity index (χ2n) is 15.3. The zero-order valence-corrected chi connectivity index (χ0v) is 27.0. The maximum Gasteiger partial charge on any atom is 0.247 e. The van der Waals surface area contributed by atoms with Crippen LogP contribution in [0.5, 0.6) is 0 Å². The minimum Gasteiger partial charge on any atom is -0.393 e. The summed E-state index contributed by atoms with van der Waals surface area (Å²) in [6.45, 7) is 10.9. The number of hydrogen-bond acceptors (Lipinski definition) is 5. The molecule has 0 unspecified atom stereocenters. The van der Waals surface area contributed by atoms with Crippen LogP contribution in [0.15, 0.2) is 30.3 Å². The standard InChI is InChI=1S/C36H56N2O5/c1-6-21(2)33(34(43)37-24-10-8-7-9-11-24)38-31(42)15-12-22(3)26-13-14-27-32-28(20-30(41)36(26,27)5)35(4)17-16-25(39)18-23(35)19-29(32)40/h7-11,21-23,25-30,32-33,39-41H,6,12-20H2,1-5H3,(H,37,43)(H,38,42)/t21-,22+,23-,25+,26+,27-,28-,29+,30-,32-,33-,35-,36+/m0/s1. The van der Waals surface area contributed by atoms with Crippen molar-refractivity contribution in [2.45, 2.75) is 123 Å². The molecule has 0 radical (unpaired) electrons. The number of fused-ring (bicyclic) bond motifs is 5. The van der Waals surface area contributed by atoms with E-state index in [4.69, 9.17) is 0 Å². The minimum atomic E-state index is -0.600. The Hall–Kier alpha value is -1.96. The van der Waals surface area contributed by atoms with E-state index in [1.165, 1.54) is 0 Å². The molecular weight excluding hydrogens is 540 g/mol. The number of rotatable bonds is 9. The van der Waals surface area contributed by atoms with E-state index in [0.29, 0.717) is 25.2 Å². The maximum atomic E-state index is 13.2. The molecule has 0 saturated heterocycles. The number of para-hydroxylation sites is 1. The first-order valence-electron chi connectivity index (χ1n) is 17.1. The third-order valence-electron chi connectivity index (χ3n) is 13.2. The van der Waals surface area contributed by atoms with E-state index in [1.807, 2.05) is 44.2 Å². The van der Waals surface area contributed by atoms with Crippen molar-refractivity contribution >= 4 is 17.5 Å². The van der Waals surface area contributed by atoms with Crippen molar-refractivity contribution < 1.29 is 24.9 Å². The first kappa shape index (κ1) is 32.4. The van der Waals surface area contributed by atoms with E-state index in [9.17, 15) is 24.9 Å². The molecule has 1 aromatic rings. The molecule has 5 rings (SSSR count). The number of nitrogens with one attached hydrogen (secondary N) is 2. The molecule has 0 spiro atoms. The van der Waals surface area contributed by atoms with Crippen LogP contribution in [0, 0.1) is 52.3 Å². The summed E-state index contributed by atoms with van der Waals surface area (Å²) < 4.78 is 0. The summed E-state index contributed by atoms with van der Waals surface area (Å²) >= 11 is 0. The van der Waals surface area contributed by atoms with Crippen molar-refractivity contribution in [3.63, 3.8) is 0 Å². The van der Waals surface area contributed by atoms with Gasteiger partial charge in [0.05, 0.1) is 18.3 Å². The number of benzene rings is 1. The molecule has 7 heteroatoms. The second kappa shape index (κ2) is 12.8. The first-order chi connectivity index (χ1) is 20.4. The fraction of sp³-hybridized carbons (Fsp3) is 0.778. The molecular formula is C36H56N2O5. The number of amides is 2. The molecule has 5 N–H and O–H groups in total. The Balaban J connectivity index is 1.23. The van der Waals surface area contributed by atoms with Gasteiger partial charge in [0.15, 0.2) is 0 Å². The average molecular weight is 597 g/mol. The first-order valence-corrected chi connectivity index (χ1v) is 17.1. The summed E-state index contributed by atoms with van der Waals surface area (Å²) in [6.07, 6.45) is 6.77. The number of carbonyl (C=O) groups excluding carboxylic acids is 2. The molecule has 0 aliphatic heterocycles. The lowest BCUT2D eigenvalue weighted by molar-refractivity contribution is -0.207. The molecule has 43 heavy (non-hydrogen) atoms. The number of hydrogen-bond donors (Lipinski definition) is 5. The smallest absolute Gasteiger partial charge is 0.247 e. The predicted molar refractivity (Wildman–Crippen MR) is 169 cm³/mol. The van der Waals surface area contributed by atoms with E-state index < -0.39 is 12.1 Å². The fourth-order valence-electron chi connectivity index (χ4n) is 10.4. The number of anilines is 1. The monoisotopic (exact) mass is 596 g/mol. The summed E-state index contributed by atoms with van der Waals surface area (Å²) in [7, 11) is 0. The van der Waals surface area contributed by atoms with E-state index >= 15 is 0 Å². The molecule has 13 atom stereocenters. The lowest BCUT2D eigenvalue weighted by Gasteiger charge is -2.63. The van der Waals surface area contributed by atoms with Gasteiger partial charge in [-0.1, -0.05) is 59.2 Å². The highest BCUT2D eigenvalue weighted by molar-refractivity contribution is 5.97. The van der Waals surface area contributed by atoms with Crippen molar-refractivity contribution in [3.05, 3.63) is 30.3 Å². The van der Waals surface area contributed by atoms with Crippen LogP contribution in [0.4, 0.5) is 5.69 Å². The average Bonchev–Trinajstić information content (AvgIpc) is 3.34. The van der Waals surface area contributed by atoms with Gasteiger partial charge in [0.25, 0.3) is 0 Å². The molecule has 2 amide bonds. The zero-order valence-electron chi connectivity index (χ0n) is 27.0. The highest BCUT2D eigenvalue weighted by Crippen LogP contribution is 2.68. The van der Waals surface area contributed by atoms with Crippen LogP contribution >= 0.6 is 0 Å². The summed E-state index contributed by atoms with van der Waals surface area (Å²) in [5, 5.41) is 39.7. The van der Waals surface area contributed by atoms with Gasteiger partial charge in [-0.2, -0.15) is 0 Å².